The molecule has 2 aliphatic rings. The highest BCUT2D eigenvalue weighted by molar-refractivity contribution is 8.27. The Kier molecular flexibility index (Phi) is 4.94. The van der Waals surface area contributed by atoms with Gasteiger partial charge in [0.25, 0.3) is 5.91 Å². The number of carbonyl (C=O) groups is 1. The van der Waals surface area contributed by atoms with Gasteiger partial charge in [-0.05, 0) is 73.5 Å². The number of nitrogens with one attached hydrogen (secondary N) is 1. The van der Waals surface area contributed by atoms with E-state index >= 15 is 0 Å². The molecule has 0 spiro atoms. The van der Waals surface area contributed by atoms with Gasteiger partial charge in [-0.1, -0.05) is 25.1 Å². The van der Waals surface area contributed by atoms with E-state index in [1.807, 2.05) is 32.0 Å². The maximum absolute atomic E-state index is 12.8. The number of para-hydroxylation sites is 1. The Morgan fingerprint density at radius 3 is 2.75 bits per heavy atom. The van der Waals surface area contributed by atoms with Crippen LogP contribution in [0.25, 0.3) is 11.8 Å². The van der Waals surface area contributed by atoms with Crippen LogP contribution in [0.2, 0.25) is 0 Å². The standard InChI is InChI=1S/C24H21N5O2S/c1-4-16-8-5-6-9-19(16)28-14(2)12-17(15(28)3)13-18-21(25)29-24(26-22(18)30)32-23(27-29)20-10-7-11-31-20/h5-13,25H,4H2,1-3H3/b18-13+,25-21?. The molecule has 7 nitrogen and oxygen atoms in total. The van der Waals surface area contributed by atoms with Gasteiger partial charge in [-0.3, -0.25) is 10.2 Å². The molecule has 2 aromatic heterocycles. The van der Waals surface area contributed by atoms with E-state index < -0.39 is 5.91 Å². The average molecular weight is 444 g/mol. The van der Waals surface area contributed by atoms with E-state index in [1.165, 1.54) is 22.3 Å². The Morgan fingerprint density at radius 1 is 1.19 bits per heavy atom. The molecule has 8 heteroatoms. The number of hydrazone groups is 1. The summed E-state index contributed by atoms with van der Waals surface area (Å²) in [4.78, 5) is 17.0. The van der Waals surface area contributed by atoms with Gasteiger partial charge in [0.2, 0.25) is 5.17 Å². The van der Waals surface area contributed by atoms with E-state index in [1.54, 1.807) is 24.5 Å². The predicted molar refractivity (Wildman–Crippen MR) is 127 cm³/mol. The van der Waals surface area contributed by atoms with Crippen LogP contribution in [0.3, 0.4) is 0 Å². The van der Waals surface area contributed by atoms with Gasteiger partial charge in [-0.25, -0.2) is 0 Å². The van der Waals surface area contributed by atoms with Crippen molar-refractivity contribution >= 4 is 39.8 Å². The zero-order chi connectivity index (χ0) is 22.4. The van der Waals surface area contributed by atoms with Crippen LogP contribution >= 0.6 is 11.8 Å². The Morgan fingerprint density at radius 2 is 2.00 bits per heavy atom. The molecule has 0 saturated carbocycles. The zero-order valence-corrected chi connectivity index (χ0v) is 18.7. The summed E-state index contributed by atoms with van der Waals surface area (Å²) in [6.45, 7) is 6.21. The number of aliphatic imine (C=N–C) groups is 1. The highest BCUT2D eigenvalue weighted by Crippen LogP contribution is 2.32. The minimum atomic E-state index is -0.441. The normalized spacial score (nSPS) is 17.1. The third kappa shape index (κ3) is 3.23. The van der Waals surface area contributed by atoms with Crippen LogP contribution < -0.4 is 0 Å². The third-order valence-corrected chi connectivity index (χ3v) is 6.49. The molecule has 0 saturated heterocycles. The fourth-order valence-corrected chi connectivity index (χ4v) is 4.84. The van der Waals surface area contributed by atoms with Crippen molar-refractivity contribution in [1.29, 1.82) is 5.41 Å². The lowest BCUT2D eigenvalue weighted by molar-refractivity contribution is -0.114. The molecule has 0 aliphatic carbocycles. The van der Waals surface area contributed by atoms with E-state index in [-0.39, 0.29) is 11.4 Å². The summed E-state index contributed by atoms with van der Waals surface area (Å²) >= 11 is 1.22. The van der Waals surface area contributed by atoms with Gasteiger partial charge in [0.15, 0.2) is 16.6 Å². The van der Waals surface area contributed by atoms with Crippen LogP contribution in [-0.2, 0) is 11.2 Å². The lowest BCUT2D eigenvalue weighted by Gasteiger charge is -2.20. The summed E-state index contributed by atoms with van der Waals surface area (Å²) < 4.78 is 7.58. The van der Waals surface area contributed by atoms with E-state index in [2.05, 4.69) is 33.7 Å². The number of amidine groups is 2. The quantitative estimate of drug-likeness (QED) is 0.580. The summed E-state index contributed by atoms with van der Waals surface area (Å²) in [5.74, 6) is 0.146. The molecule has 3 aromatic rings. The maximum atomic E-state index is 12.8. The molecule has 0 atom stereocenters. The van der Waals surface area contributed by atoms with Gasteiger partial charge < -0.3 is 8.98 Å². The second-order valence-electron chi connectivity index (χ2n) is 7.55. The first kappa shape index (κ1) is 20.3. The first-order chi connectivity index (χ1) is 15.5. The number of aromatic nitrogens is 1. The Balaban J connectivity index is 1.54. The maximum Gasteiger partial charge on any atom is 0.283 e. The van der Waals surface area contributed by atoms with Gasteiger partial charge in [-0.2, -0.15) is 15.1 Å². The first-order valence-electron chi connectivity index (χ1n) is 10.3. The molecule has 5 rings (SSSR count). The average Bonchev–Trinajstić information content (AvgIpc) is 3.51. The SMILES string of the molecule is CCc1ccccc1-n1c(C)cc(/C=C2\C(=N)N3N=C(c4ccco4)SC3=NC2=O)c1C. The molecule has 0 unspecified atom stereocenters. The zero-order valence-electron chi connectivity index (χ0n) is 17.9. The largest absolute Gasteiger partial charge is 0.462 e. The number of carbonyl (C=O) groups excluding carboxylic acids is 1. The monoisotopic (exact) mass is 443 g/mol. The number of furan rings is 1. The number of aryl methyl sites for hydroxylation is 2. The summed E-state index contributed by atoms with van der Waals surface area (Å²) in [5, 5.41) is 15.4. The Labute approximate surface area is 189 Å². The van der Waals surface area contributed by atoms with Crippen LogP contribution in [0.1, 0.15) is 35.2 Å². The van der Waals surface area contributed by atoms with Crippen molar-refractivity contribution < 1.29 is 9.21 Å². The van der Waals surface area contributed by atoms with E-state index in [4.69, 9.17) is 9.83 Å². The summed E-state index contributed by atoms with van der Waals surface area (Å²) in [7, 11) is 0. The molecular weight excluding hydrogens is 422 g/mol. The number of amides is 1. The van der Waals surface area contributed by atoms with Crippen LogP contribution in [-0.4, -0.2) is 31.5 Å². The molecule has 32 heavy (non-hydrogen) atoms. The molecule has 1 N–H and O–H groups in total. The van der Waals surface area contributed by atoms with Crippen molar-refractivity contribution in [3.05, 3.63) is 82.6 Å². The molecule has 1 amide bonds. The number of hydrogen-bond acceptors (Lipinski definition) is 5. The lowest BCUT2D eigenvalue weighted by atomic mass is 10.1. The van der Waals surface area contributed by atoms with E-state index in [0.29, 0.717) is 16.0 Å². The van der Waals surface area contributed by atoms with Crippen LogP contribution in [0.15, 0.2) is 68.8 Å². The van der Waals surface area contributed by atoms with Crippen molar-refractivity contribution in [2.75, 3.05) is 0 Å². The first-order valence-corrected chi connectivity index (χ1v) is 11.1. The van der Waals surface area contributed by atoms with Crippen LogP contribution in [0.4, 0.5) is 0 Å². The summed E-state index contributed by atoms with van der Waals surface area (Å²) in [6.07, 6.45) is 4.22. The molecular formula is C24H21N5O2S. The van der Waals surface area contributed by atoms with Crippen molar-refractivity contribution in [2.24, 2.45) is 10.1 Å². The number of fused-ring (bicyclic) bond motifs is 1. The minimum absolute atomic E-state index is 0.00724. The Bertz CT molecular complexity index is 1340. The van der Waals surface area contributed by atoms with Crippen molar-refractivity contribution in [3.8, 4) is 5.69 Å². The third-order valence-electron chi connectivity index (χ3n) is 5.57. The second kappa shape index (κ2) is 7.80. The fourth-order valence-electron chi connectivity index (χ4n) is 3.98. The van der Waals surface area contributed by atoms with E-state index in [9.17, 15) is 4.79 Å². The minimum Gasteiger partial charge on any atom is -0.462 e. The molecule has 160 valence electrons. The van der Waals surface area contributed by atoms with E-state index in [0.717, 1.165) is 29.1 Å². The van der Waals surface area contributed by atoms with Gasteiger partial charge in [0.05, 0.1) is 11.8 Å². The summed E-state index contributed by atoms with van der Waals surface area (Å²) in [5.41, 5.74) is 5.53. The van der Waals surface area contributed by atoms with Gasteiger partial charge in [0.1, 0.15) is 0 Å². The number of benzene rings is 1. The second-order valence-corrected chi connectivity index (χ2v) is 8.50. The number of nitrogens with zero attached hydrogens (tertiary/aromatic N) is 4. The number of hydrogen-bond donors (Lipinski definition) is 1. The topological polar surface area (TPSA) is 86.9 Å². The van der Waals surface area contributed by atoms with Gasteiger partial charge in [0, 0.05) is 17.1 Å². The molecule has 0 bridgehead atoms. The Hall–Kier alpha value is -3.65. The van der Waals surface area contributed by atoms with Gasteiger partial charge >= 0.3 is 0 Å². The van der Waals surface area contributed by atoms with Crippen LogP contribution in [0, 0.1) is 19.3 Å². The van der Waals surface area contributed by atoms with Gasteiger partial charge in [-0.15, -0.1) is 0 Å². The highest BCUT2D eigenvalue weighted by Gasteiger charge is 2.36. The van der Waals surface area contributed by atoms with Crippen molar-refractivity contribution in [3.63, 3.8) is 0 Å². The van der Waals surface area contributed by atoms with Crippen molar-refractivity contribution in [1.82, 2.24) is 9.58 Å². The highest BCUT2D eigenvalue weighted by atomic mass is 32.2. The summed E-state index contributed by atoms with van der Waals surface area (Å²) in [6, 6.07) is 13.9. The number of rotatable bonds is 4. The lowest BCUT2D eigenvalue weighted by Crippen LogP contribution is -2.35. The molecule has 0 radical (unpaired) electrons. The van der Waals surface area contributed by atoms with Crippen LogP contribution in [0.5, 0.6) is 0 Å². The predicted octanol–water partition coefficient (Wildman–Crippen LogP) is 4.92. The molecule has 1 aromatic carbocycles. The number of thioether (sulfide) groups is 1. The fraction of sp³-hybridized carbons (Fsp3) is 0.167. The molecule has 2 aliphatic heterocycles. The smallest absolute Gasteiger partial charge is 0.283 e. The van der Waals surface area contributed by atoms with Crippen molar-refractivity contribution in [2.45, 2.75) is 27.2 Å². The molecule has 0 fully saturated rings. The molecule has 4 heterocycles.